The lowest BCUT2D eigenvalue weighted by atomic mass is 10.0. The Morgan fingerprint density at radius 2 is 0.797 bits per heavy atom. The van der Waals surface area contributed by atoms with Crippen LogP contribution in [0.3, 0.4) is 0 Å². The lowest BCUT2D eigenvalue weighted by Crippen LogP contribution is -2.10. The zero-order valence-electron chi connectivity index (χ0n) is 33.7. The minimum Gasteiger partial charge on any atom is -0.311 e. The molecule has 2 aromatic heterocycles. The van der Waals surface area contributed by atoms with Gasteiger partial charge in [0, 0.05) is 43.1 Å². The highest BCUT2D eigenvalue weighted by Crippen LogP contribution is 2.42. The predicted octanol–water partition coefficient (Wildman–Crippen LogP) is 16.8. The van der Waals surface area contributed by atoms with Gasteiger partial charge in [0.1, 0.15) is 0 Å². The molecular weight excluding hydrogens is 828 g/mol. The fraction of sp³-hybridized carbons (Fsp3) is 0. The largest absolute Gasteiger partial charge is 0.311 e. The van der Waals surface area contributed by atoms with E-state index >= 15 is 0 Å². The second kappa shape index (κ2) is 15.8. The maximum absolute atomic E-state index is 14.9. The fourth-order valence-corrected chi connectivity index (χ4v) is 9.71. The molecule has 0 saturated carbocycles. The van der Waals surface area contributed by atoms with E-state index in [4.69, 9.17) is 0 Å². The van der Waals surface area contributed by atoms with Gasteiger partial charge >= 0.3 is 0 Å². The van der Waals surface area contributed by atoms with Gasteiger partial charge in [-0.3, -0.25) is 0 Å². The summed E-state index contributed by atoms with van der Waals surface area (Å²) < 4.78 is 75.6. The fourth-order valence-electron chi connectivity index (χ4n) is 8.65. The summed E-state index contributed by atoms with van der Waals surface area (Å²) in [6.07, 6.45) is 0. The standard InChI is InChI=1S/C56H33F5N2S/c57-52-51(53(58)55(60)56(61)54(52)59)37-19-27-44(28-20-37)62(42-23-15-35(16-24-42)34-9-3-1-4-10-34)43-25-17-36(18-26-43)38-21-29-47-45(31-38)46-32-40(50-33-39-11-7-8-14-49(39)64-50)22-30-48(46)63(47)41-12-5-2-6-13-41/h1-33H. The molecule has 0 bridgehead atoms. The zero-order valence-corrected chi connectivity index (χ0v) is 34.6. The van der Waals surface area contributed by atoms with Crippen LogP contribution in [0.5, 0.6) is 0 Å². The van der Waals surface area contributed by atoms with Crippen LogP contribution in [0.4, 0.5) is 39.0 Å². The van der Waals surface area contributed by atoms with Gasteiger partial charge in [0.2, 0.25) is 5.82 Å². The Balaban J connectivity index is 1.000. The van der Waals surface area contributed by atoms with E-state index in [1.807, 2.05) is 77.7 Å². The van der Waals surface area contributed by atoms with Gasteiger partial charge < -0.3 is 9.47 Å². The number of halogens is 5. The molecule has 0 N–H and O–H groups in total. The van der Waals surface area contributed by atoms with Crippen LogP contribution in [-0.2, 0) is 0 Å². The number of thiophene rings is 1. The first kappa shape index (κ1) is 39.1. The van der Waals surface area contributed by atoms with Crippen molar-refractivity contribution in [3.05, 3.63) is 229 Å². The van der Waals surface area contributed by atoms with Crippen LogP contribution in [0.1, 0.15) is 0 Å². The Kier molecular flexibility index (Phi) is 9.66. The molecule has 0 unspecified atom stereocenters. The quantitative estimate of drug-likeness (QED) is 0.0839. The Labute approximate surface area is 369 Å². The van der Waals surface area contributed by atoms with Crippen LogP contribution in [0.15, 0.2) is 200 Å². The summed E-state index contributed by atoms with van der Waals surface area (Å²) in [7, 11) is 0. The summed E-state index contributed by atoms with van der Waals surface area (Å²) in [5, 5.41) is 3.49. The van der Waals surface area contributed by atoms with Crippen molar-refractivity contribution in [3.8, 4) is 49.5 Å². The van der Waals surface area contributed by atoms with Crippen LogP contribution in [0.25, 0.3) is 81.4 Å². The second-order valence-corrected chi connectivity index (χ2v) is 16.7. The number of rotatable bonds is 8. The molecule has 0 amide bonds. The highest BCUT2D eigenvalue weighted by Gasteiger charge is 2.27. The first-order chi connectivity index (χ1) is 31.3. The maximum atomic E-state index is 14.9. The third-order valence-corrected chi connectivity index (χ3v) is 13.0. The van der Waals surface area contributed by atoms with Crippen molar-refractivity contribution < 1.29 is 22.0 Å². The monoisotopic (exact) mass is 860 g/mol. The average Bonchev–Trinajstić information content (AvgIpc) is 3.93. The summed E-state index contributed by atoms with van der Waals surface area (Å²) in [6, 6.07) is 66.4. The first-order valence-electron chi connectivity index (χ1n) is 20.6. The van der Waals surface area contributed by atoms with E-state index in [1.165, 1.54) is 27.1 Å². The number of aromatic nitrogens is 1. The van der Waals surface area contributed by atoms with E-state index in [0.29, 0.717) is 5.69 Å². The number of hydrogen-bond acceptors (Lipinski definition) is 2. The Morgan fingerprint density at radius 1 is 0.359 bits per heavy atom. The van der Waals surface area contributed by atoms with Crippen molar-refractivity contribution in [1.82, 2.24) is 4.57 Å². The first-order valence-corrected chi connectivity index (χ1v) is 21.4. The smallest absolute Gasteiger partial charge is 0.200 e. The molecule has 0 saturated heterocycles. The summed E-state index contributed by atoms with van der Waals surface area (Å²) in [4.78, 5) is 3.19. The molecular formula is C56H33F5N2S. The van der Waals surface area contributed by atoms with Gasteiger partial charge in [0.05, 0.1) is 16.6 Å². The summed E-state index contributed by atoms with van der Waals surface area (Å²) in [5.41, 5.74) is 9.59. The average molecular weight is 861 g/mol. The van der Waals surface area contributed by atoms with Crippen molar-refractivity contribution in [2.24, 2.45) is 0 Å². The van der Waals surface area contributed by atoms with Gasteiger partial charge in [-0.05, 0) is 124 Å². The van der Waals surface area contributed by atoms with E-state index < -0.39 is 34.6 Å². The molecule has 64 heavy (non-hydrogen) atoms. The van der Waals surface area contributed by atoms with Gasteiger partial charge in [-0.2, -0.15) is 0 Å². The van der Waals surface area contributed by atoms with Crippen LogP contribution in [-0.4, -0.2) is 4.57 Å². The van der Waals surface area contributed by atoms with E-state index in [1.54, 1.807) is 23.5 Å². The van der Waals surface area contributed by atoms with Gasteiger partial charge in [-0.15, -0.1) is 11.3 Å². The Hall–Kier alpha value is -7.81. The maximum Gasteiger partial charge on any atom is 0.200 e. The normalized spacial score (nSPS) is 11.5. The molecule has 0 fully saturated rings. The van der Waals surface area contributed by atoms with Gasteiger partial charge in [-0.25, -0.2) is 22.0 Å². The molecule has 9 aromatic carbocycles. The predicted molar refractivity (Wildman–Crippen MR) is 252 cm³/mol. The van der Waals surface area contributed by atoms with Crippen molar-refractivity contribution in [3.63, 3.8) is 0 Å². The minimum atomic E-state index is -2.19. The number of hydrogen-bond donors (Lipinski definition) is 0. The van der Waals surface area contributed by atoms with Crippen molar-refractivity contribution in [2.45, 2.75) is 0 Å². The van der Waals surface area contributed by atoms with Crippen LogP contribution in [0, 0.1) is 29.1 Å². The van der Waals surface area contributed by atoms with E-state index in [0.717, 1.165) is 66.7 Å². The summed E-state index contributed by atoms with van der Waals surface area (Å²) in [6.45, 7) is 0. The molecule has 0 radical (unpaired) electrons. The molecule has 0 aliphatic heterocycles. The van der Waals surface area contributed by atoms with Gasteiger partial charge in [0.15, 0.2) is 23.3 Å². The zero-order chi connectivity index (χ0) is 43.5. The van der Waals surface area contributed by atoms with Crippen molar-refractivity contribution in [1.29, 1.82) is 0 Å². The number of fused-ring (bicyclic) bond motifs is 4. The summed E-state index contributed by atoms with van der Waals surface area (Å²) in [5.74, 6) is -9.94. The Morgan fingerprint density at radius 3 is 1.38 bits per heavy atom. The number of para-hydroxylation sites is 1. The molecule has 0 spiro atoms. The molecule has 0 aliphatic rings. The van der Waals surface area contributed by atoms with Crippen molar-refractivity contribution in [2.75, 3.05) is 4.90 Å². The van der Waals surface area contributed by atoms with Crippen LogP contribution >= 0.6 is 11.3 Å². The Bertz CT molecular complexity index is 3470. The van der Waals surface area contributed by atoms with E-state index in [2.05, 4.69) is 108 Å². The van der Waals surface area contributed by atoms with Crippen LogP contribution < -0.4 is 4.90 Å². The molecule has 2 nitrogen and oxygen atoms in total. The lowest BCUT2D eigenvalue weighted by molar-refractivity contribution is 0.381. The topological polar surface area (TPSA) is 8.17 Å². The van der Waals surface area contributed by atoms with E-state index in [-0.39, 0.29) is 5.56 Å². The minimum absolute atomic E-state index is 0.147. The summed E-state index contributed by atoms with van der Waals surface area (Å²) >= 11 is 1.79. The van der Waals surface area contributed by atoms with Gasteiger partial charge in [-0.1, -0.05) is 115 Å². The molecule has 11 rings (SSSR count). The third kappa shape index (κ3) is 6.71. The molecule has 2 heterocycles. The highest BCUT2D eigenvalue weighted by atomic mass is 32.1. The second-order valence-electron chi connectivity index (χ2n) is 15.6. The molecule has 308 valence electrons. The van der Waals surface area contributed by atoms with Crippen LogP contribution in [0.2, 0.25) is 0 Å². The van der Waals surface area contributed by atoms with E-state index in [9.17, 15) is 22.0 Å². The number of anilines is 3. The molecule has 8 heteroatoms. The molecule has 0 atom stereocenters. The molecule has 0 aliphatic carbocycles. The highest BCUT2D eigenvalue weighted by molar-refractivity contribution is 7.22. The van der Waals surface area contributed by atoms with Gasteiger partial charge in [0.25, 0.3) is 0 Å². The SMILES string of the molecule is Fc1c(F)c(F)c(-c2ccc(N(c3ccc(-c4ccccc4)cc3)c3ccc(-c4ccc5c(c4)c4cc(-c6cc7ccccc7s6)ccc4n5-c4ccccc4)cc3)cc2)c(F)c1F. The third-order valence-electron chi connectivity index (χ3n) is 11.8. The number of nitrogens with zero attached hydrogens (tertiary/aromatic N) is 2. The lowest BCUT2D eigenvalue weighted by Gasteiger charge is -2.26. The number of benzene rings is 9. The van der Waals surface area contributed by atoms with Crippen molar-refractivity contribution >= 4 is 60.3 Å². The molecule has 11 aromatic rings.